The van der Waals surface area contributed by atoms with Crippen LogP contribution in [0.5, 0.6) is 0 Å². The molecular weight excluding hydrogens is 264 g/mol. The van der Waals surface area contributed by atoms with Crippen LogP contribution >= 0.6 is 0 Å². The quantitative estimate of drug-likeness (QED) is 0.833. The van der Waals surface area contributed by atoms with Crippen molar-refractivity contribution >= 4 is 11.8 Å². The Kier molecular flexibility index (Phi) is 4.35. The van der Waals surface area contributed by atoms with Gasteiger partial charge in [-0.15, -0.1) is 0 Å². The van der Waals surface area contributed by atoms with Gasteiger partial charge in [0, 0.05) is 11.7 Å². The Bertz CT molecular complexity index is 532. The maximum Gasteiger partial charge on any atom is 0.342 e. The third kappa shape index (κ3) is 3.25. The first-order valence-electron chi connectivity index (χ1n) is 7.92. The van der Waals surface area contributed by atoms with Gasteiger partial charge in [-0.05, 0) is 53.0 Å². The zero-order chi connectivity index (χ0) is 15.8. The van der Waals surface area contributed by atoms with Crippen LogP contribution in [0.25, 0.3) is 0 Å². The number of rotatable bonds is 2. The van der Waals surface area contributed by atoms with Crippen LogP contribution in [0.2, 0.25) is 0 Å². The van der Waals surface area contributed by atoms with Gasteiger partial charge in [0.05, 0.1) is 0 Å². The average molecular weight is 292 g/mol. The molecule has 21 heavy (non-hydrogen) atoms. The summed E-state index contributed by atoms with van der Waals surface area (Å²) < 4.78 is 7.67. The molecule has 0 amide bonds. The van der Waals surface area contributed by atoms with E-state index in [1.807, 2.05) is 34.6 Å². The molecule has 1 aliphatic carbocycles. The molecular formula is C17H28N2O2. The van der Waals surface area contributed by atoms with E-state index in [2.05, 4.69) is 4.57 Å². The summed E-state index contributed by atoms with van der Waals surface area (Å²) in [5, 5.41) is 0. The number of aromatic nitrogens is 1. The molecule has 118 valence electrons. The van der Waals surface area contributed by atoms with Gasteiger partial charge in [-0.1, -0.05) is 19.3 Å². The molecule has 0 aromatic carbocycles. The van der Waals surface area contributed by atoms with Crippen LogP contribution in [0.4, 0.5) is 5.82 Å². The van der Waals surface area contributed by atoms with Gasteiger partial charge >= 0.3 is 5.97 Å². The van der Waals surface area contributed by atoms with E-state index in [0.717, 1.165) is 24.1 Å². The third-order valence-corrected chi connectivity index (χ3v) is 4.34. The number of carbonyl (C=O) groups excluding carboxylic acids is 1. The van der Waals surface area contributed by atoms with Crippen molar-refractivity contribution in [2.24, 2.45) is 0 Å². The number of nitrogens with two attached hydrogens (primary N) is 1. The molecule has 0 saturated heterocycles. The normalized spacial score (nSPS) is 17.0. The molecule has 0 spiro atoms. The van der Waals surface area contributed by atoms with Gasteiger partial charge in [-0.2, -0.15) is 0 Å². The SMILES string of the molecule is Cc1c(C(=O)OC(C)(C)C)c(N)n(C2CCCCC2)c1C. The summed E-state index contributed by atoms with van der Waals surface area (Å²) >= 11 is 0. The van der Waals surface area contributed by atoms with Crippen LogP contribution in [-0.4, -0.2) is 16.1 Å². The predicted octanol–water partition coefficient (Wildman–Crippen LogP) is 4.15. The highest BCUT2D eigenvalue weighted by atomic mass is 16.6. The van der Waals surface area contributed by atoms with Gasteiger partial charge < -0.3 is 15.0 Å². The van der Waals surface area contributed by atoms with Gasteiger partial charge in [0.2, 0.25) is 0 Å². The number of carbonyl (C=O) groups is 1. The lowest BCUT2D eigenvalue weighted by molar-refractivity contribution is 0.00701. The maximum atomic E-state index is 12.4. The number of anilines is 1. The smallest absolute Gasteiger partial charge is 0.342 e. The molecule has 1 aromatic heterocycles. The van der Waals surface area contributed by atoms with Gasteiger partial charge in [0.15, 0.2) is 0 Å². The van der Waals surface area contributed by atoms with Crippen molar-refractivity contribution in [1.82, 2.24) is 4.57 Å². The van der Waals surface area contributed by atoms with E-state index < -0.39 is 5.60 Å². The molecule has 0 bridgehead atoms. The first-order valence-corrected chi connectivity index (χ1v) is 7.92. The Morgan fingerprint density at radius 3 is 2.29 bits per heavy atom. The summed E-state index contributed by atoms with van der Waals surface area (Å²) in [6.07, 6.45) is 6.07. The lowest BCUT2D eigenvalue weighted by Crippen LogP contribution is -2.25. The van der Waals surface area contributed by atoms with Crippen molar-refractivity contribution in [2.75, 3.05) is 5.73 Å². The molecule has 1 heterocycles. The first kappa shape index (κ1) is 15.9. The van der Waals surface area contributed by atoms with Crippen LogP contribution in [-0.2, 0) is 4.74 Å². The Morgan fingerprint density at radius 1 is 1.19 bits per heavy atom. The fraction of sp³-hybridized carbons (Fsp3) is 0.706. The second-order valence-electron chi connectivity index (χ2n) is 7.13. The largest absolute Gasteiger partial charge is 0.456 e. The van der Waals surface area contributed by atoms with E-state index in [0.29, 0.717) is 17.4 Å². The van der Waals surface area contributed by atoms with Gasteiger partial charge in [0.1, 0.15) is 17.0 Å². The number of nitrogen functional groups attached to an aromatic ring is 1. The molecule has 1 aliphatic rings. The first-order chi connectivity index (χ1) is 9.72. The number of hydrogen-bond acceptors (Lipinski definition) is 3. The summed E-state index contributed by atoms with van der Waals surface area (Å²) in [4.78, 5) is 12.4. The highest BCUT2D eigenvalue weighted by Crippen LogP contribution is 2.36. The Hall–Kier alpha value is -1.45. The van der Waals surface area contributed by atoms with Crippen molar-refractivity contribution in [2.45, 2.75) is 78.4 Å². The van der Waals surface area contributed by atoms with Crippen molar-refractivity contribution in [3.8, 4) is 0 Å². The van der Waals surface area contributed by atoms with E-state index in [9.17, 15) is 4.79 Å². The van der Waals surface area contributed by atoms with E-state index in [-0.39, 0.29) is 5.97 Å². The van der Waals surface area contributed by atoms with Gasteiger partial charge in [0.25, 0.3) is 0 Å². The van der Waals surface area contributed by atoms with Crippen LogP contribution in [0, 0.1) is 13.8 Å². The van der Waals surface area contributed by atoms with Crippen molar-refractivity contribution in [3.63, 3.8) is 0 Å². The summed E-state index contributed by atoms with van der Waals surface area (Å²) in [6.45, 7) is 9.64. The van der Waals surface area contributed by atoms with E-state index >= 15 is 0 Å². The maximum absolute atomic E-state index is 12.4. The van der Waals surface area contributed by atoms with E-state index in [1.54, 1.807) is 0 Å². The molecule has 0 atom stereocenters. The topological polar surface area (TPSA) is 57.2 Å². The van der Waals surface area contributed by atoms with E-state index in [4.69, 9.17) is 10.5 Å². The second-order valence-corrected chi connectivity index (χ2v) is 7.13. The fourth-order valence-corrected chi connectivity index (χ4v) is 3.25. The zero-order valence-corrected chi connectivity index (χ0v) is 14.0. The summed E-state index contributed by atoms with van der Waals surface area (Å²) in [5.41, 5.74) is 8.41. The van der Waals surface area contributed by atoms with Crippen LogP contribution < -0.4 is 5.73 Å². The number of esters is 1. The van der Waals surface area contributed by atoms with Crippen LogP contribution in [0.3, 0.4) is 0 Å². The highest BCUT2D eigenvalue weighted by molar-refractivity contribution is 5.97. The molecule has 1 saturated carbocycles. The minimum Gasteiger partial charge on any atom is -0.456 e. The highest BCUT2D eigenvalue weighted by Gasteiger charge is 2.29. The van der Waals surface area contributed by atoms with Crippen LogP contribution in [0.1, 0.15) is 80.5 Å². The van der Waals surface area contributed by atoms with Gasteiger partial charge in [-0.25, -0.2) is 4.79 Å². The number of hydrogen-bond donors (Lipinski definition) is 1. The summed E-state index contributed by atoms with van der Waals surface area (Å²) in [5.74, 6) is 0.265. The number of ether oxygens (including phenoxy) is 1. The molecule has 2 N–H and O–H groups in total. The number of nitrogens with zero attached hydrogens (tertiary/aromatic N) is 1. The minimum absolute atomic E-state index is 0.310. The standard InChI is InChI=1S/C17H28N2O2/c1-11-12(2)19(13-9-7-6-8-10-13)15(18)14(11)16(20)21-17(3,4)5/h13H,6-10,18H2,1-5H3. The van der Waals surface area contributed by atoms with E-state index in [1.165, 1.54) is 19.3 Å². The lowest BCUT2D eigenvalue weighted by Gasteiger charge is -2.26. The fourth-order valence-electron chi connectivity index (χ4n) is 3.25. The molecule has 2 rings (SSSR count). The predicted molar refractivity (Wildman–Crippen MR) is 85.6 cm³/mol. The Morgan fingerprint density at radius 2 is 1.76 bits per heavy atom. The summed E-state index contributed by atoms with van der Waals surface area (Å²) in [7, 11) is 0. The Labute approximate surface area is 127 Å². The van der Waals surface area contributed by atoms with Crippen molar-refractivity contribution in [1.29, 1.82) is 0 Å². The minimum atomic E-state index is -0.503. The molecule has 1 fully saturated rings. The summed E-state index contributed by atoms with van der Waals surface area (Å²) in [6, 6.07) is 0.425. The molecule has 4 nitrogen and oxygen atoms in total. The van der Waals surface area contributed by atoms with Crippen molar-refractivity contribution in [3.05, 3.63) is 16.8 Å². The third-order valence-electron chi connectivity index (χ3n) is 4.34. The Balaban J connectivity index is 2.37. The van der Waals surface area contributed by atoms with Crippen LogP contribution in [0.15, 0.2) is 0 Å². The molecule has 1 aromatic rings. The lowest BCUT2D eigenvalue weighted by atomic mass is 9.95. The molecule has 4 heteroatoms. The molecule has 0 unspecified atom stereocenters. The zero-order valence-electron chi connectivity index (χ0n) is 14.0. The average Bonchev–Trinajstić information content (AvgIpc) is 2.59. The molecule has 0 radical (unpaired) electrons. The monoisotopic (exact) mass is 292 g/mol. The van der Waals surface area contributed by atoms with Gasteiger partial charge in [-0.3, -0.25) is 0 Å². The molecule has 0 aliphatic heterocycles. The second kappa shape index (κ2) is 5.74. The van der Waals surface area contributed by atoms with Crippen molar-refractivity contribution < 1.29 is 9.53 Å².